The highest BCUT2D eigenvalue weighted by Crippen LogP contribution is 2.41. The molecule has 6 heteroatoms. The first-order valence-electron chi connectivity index (χ1n) is 5.23. The normalized spacial score (nSPS) is 15.2. The molecule has 1 saturated carbocycles. The molecular formula is C11H8Cl3N3. The molecule has 0 atom stereocenters. The lowest BCUT2D eigenvalue weighted by Gasteiger charge is -2.09. The van der Waals surface area contributed by atoms with Crippen LogP contribution < -0.4 is 0 Å². The van der Waals surface area contributed by atoms with Crippen LogP contribution in [0.15, 0.2) is 18.2 Å². The van der Waals surface area contributed by atoms with E-state index in [0.29, 0.717) is 21.2 Å². The van der Waals surface area contributed by atoms with Crippen molar-refractivity contribution in [2.45, 2.75) is 18.8 Å². The van der Waals surface area contributed by atoms with E-state index in [1.54, 1.807) is 22.8 Å². The van der Waals surface area contributed by atoms with Crippen molar-refractivity contribution in [2.75, 3.05) is 0 Å². The van der Waals surface area contributed by atoms with Crippen LogP contribution in [-0.2, 0) is 0 Å². The Bertz CT molecular complexity index is 575. The number of halogens is 3. The van der Waals surface area contributed by atoms with E-state index in [1.807, 2.05) is 0 Å². The van der Waals surface area contributed by atoms with Crippen LogP contribution in [0.25, 0.3) is 5.69 Å². The first-order valence-corrected chi connectivity index (χ1v) is 6.36. The van der Waals surface area contributed by atoms with Crippen molar-refractivity contribution in [3.8, 4) is 5.69 Å². The van der Waals surface area contributed by atoms with Gasteiger partial charge in [0.05, 0.1) is 10.7 Å². The molecule has 1 aromatic carbocycles. The molecule has 1 aliphatic carbocycles. The summed E-state index contributed by atoms with van der Waals surface area (Å²) in [5, 5.41) is 9.51. The van der Waals surface area contributed by atoms with Gasteiger partial charge in [-0.3, -0.25) is 4.57 Å². The molecule has 3 rings (SSSR count). The van der Waals surface area contributed by atoms with Gasteiger partial charge >= 0.3 is 0 Å². The number of aromatic nitrogens is 3. The fraction of sp³-hybridized carbons (Fsp3) is 0.273. The molecule has 1 aliphatic rings. The molecule has 0 aliphatic heterocycles. The lowest BCUT2D eigenvalue weighted by Crippen LogP contribution is -2.01. The molecule has 0 N–H and O–H groups in total. The molecule has 1 aromatic heterocycles. The summed E-state index contributed by atoms with van der Waals surface area (Å²) in [5.41, 5.74) is 0.732. The molecule has 1 heterocycles. The van der Waals surface area contributed by atoms with E-state index in [1.165, 1.54) is 0 Å². The van der Waals surface area contributed by atoms with Crippen molar-refractivity contribution < 1.29 is 0 Å². The predicted molar refractivity (Wildman–Crippen MR) is 68.4 cm³/mol. The molecule has 0 radical (unpaired) electrons. The maximum Gasteiger partial charge on any atom is 0.229 e. The van der Waals surface area contributed by atoms with Gasteiger partial charge in [-0.15, -0.1) is 10.2 Å². The van der Waals surface area contributed by atoms with E-state index in [4.69, 9.17) is 34.8 Å². The average Bonchev–Trinajstić information content (AvgIpc) is 3.07. The zero-order chi connectivity index (χ0) is 12.0. The molecule has 0 unspecified atom stereocenters. The van der Waals surface area contributed by atoms with Crippen molar-refractivity contribution >= 4 is 34.8 Å². The highest BCUT2D eigenvalue weighted by Gasteiger charge is 2.31. The minimum atomic E-state index is 0.316. The molecule has 3 nitrogen and oxygen atoms in total. The van der Waals surface area contributed by atoms with Crippen LogP contribution in [-0.4, -0.2) is 14.8 Å². The Morgan fingerprint density at radius 2 is 1.88 bits per heavy atom. The number of hydrogen-bond donors (Lipinski definition) is 0. The third kappa shape index (κ3) is 2.03. The molecule has 88 valence electrons. The summed E-state index contributed by atoms with van der Waals surface area (Å²) in [6.07, 6.45) is 2.24. The van der Waals surface area contributed by atoms with E-state index in [-0.39, 0.29) is 0 Å². The zero-order valence-electron chi connectivity index (χ0n) is 8.70. The minimum Gasteiger partial charge on any atom is -0.268 e. The van der Waals surface area contributed by atoms with Gasteiger partial charge < -0.3 is 0 Å². The Hall–Kier alpha value is -0.770. The Balaban J connectivity index is 2.19. The van der Waals surface area contributed by atoms with Gasteiger partial charge in [-0.2, -0.15) is 0 Å². The highest BCUT2D eigenvalue weighted by atomic mass is 35.5. The fourth-order valence-electron chi connectivity index (χ4n) is 1.76. The standard InChI is InChI=1S/C11H8Cl3N3/c12-7-3-4-8(13)9(5-7)17-10(6-1-2-6)15-16-11(17)14/h3-6H,1-2H2. The van der Waals surface area contributed by atoms with Crippen molar-refractivity contribution in [2.24, 2.45) is 0 Å². The quantitative estimate of drug-likeness (QED) is 0.833. The van der Waals surface area contributed by atoms with Gasteiger partial charge in [-0.05, 0) is 42.6 Å². The molecule has 1 fully saturated rings. The smallest absolute Gasteiger partial charge is 0.229 e. The Morgan fingerprint density at radius 1 is 1.12 bits per heavy atom. The molecule has 0 amide bonds. The topological polar surface area (TPSA) is 30.7 Å². The van der Waals surface area contributed by atoms with Crippen molar-refractivity contribution in [3.63, 3.8) is 0 Å². The fourth-order valence-corrected chi connectivity index (χ4v) is 2.35. The zero-order valence-corrected chi connectivity index (χ0v) is 11.0. The molecule has 0 bridgehead atoms. The van der Waals surface area contributed by atoms with E-state index in [0.717, 1.165) is 24.4 Å². The maximum atomic E-state index is 6.16. The second kappa shape index (κ2) is 4.16. The van der Waals surface area contributed by atoms with Gasteiger partial charge in [0.15, 0.2) is 0 Å². The Morgan fingerprint density at radius 3 is 2.59 bits per heavy atom. The van der Waals surface area contributed by atoms with Crippen LogP contribution in [0.5, 0.6) is 0 Å². The van der Waals surface area contributed by atoms with Crippen molar-refractivity contribution in [1.82, 2.24) is 14.8 Å². The van der Waals surface area contributed by atoms with Gasteiger partial charge in [0.2, 0.25) is 5.28 Å². The van der Waals surface area contributed by atoms with Gasteiger partial charge in [0, 0.05) is 10.9 Å². The third-order valence-corrected chi connectivity index (χ3v) is 3.54. The predicted octanol–water partition coefficient (Wildman–Crippen LogP) is 4.10. The van der Waals surface area contributed by atoms with Gasteiger partial charge in [0.25, 0.3) is 0 Å². The van der Waals surface area contributed by atoms with Crippen LogP contribution >= 0.6 is 34.8 Å². The number of benzene rings is 1. The van der Waals surface area contributed by atoms with Crippen molar-refractivity contribution in [1.29, 1.82) is 0 Å². The highest BCUT2D eigenvalue weighted by molar-refractivity contribution is 6.35. The molecule has 0 spiro atoms. The lowest BCUT2D eigenvalue weighted by atomic mass is 10.3. The summed E-state index contributed by atoms with van der Waals surface area (Å²) in [6, 6.07) is 5.25. The molecule has 2 aromatic rings. The summed E-state index contributed by atoms with van der Waals surface area (Å²) in [7, 11) is 0. The largest absolute Gasteiger partial charge is 0.268 e. The summed E-state index contributed by atoms with van der Waals surface area (Å²) < 4.78 is 1.77. The van der Waals surface area contributed by atoms with E-state index >= 15 is 0 Å². The lowest BCUT2D eigenvalue weighted by molar-refractivity contribution is 0.872. The van der Waals surface area contributed by atoms with Gasteiger partial charge in [0.1, 0.15) is 5.82 Å². The monoisotopic (exact) mass is 287 g/mol. The van der Waals surface area contributed by atoms with Crippen LogP contribution in [0.2, 0.25) is 15.3 Å². The minimum absolute atomic E-state index is 0.316. The number of nitrogens with zero attached hydrogens (tertiary/aromatic N) is 3. The van der Waals surface area contributed by atoms with E-state index in [9.17, 15) is 0 Å². The summed E-state index contributed by atoms with van der Waals surface area (Å²) in [5.74, 6) is 1.30. The third-order valence-electron chi connectivity index (χ3n) is 2.74. The molecule has 17 heavy (non-hydrogen) atoms. The second-order valence-corrected chi connectivity index (χ2v) is 5.21. The van der Waals surface area contributed by atoms with Gasteiger partial charge in [-0.1, -0.05) is 23.2 Å². The van der Waals surface area contributed by atoms with Crippen LogP contribution in [0.4, 0.5) is 0 Å². The molecular weight excluding hydrogens is 281 g/mol. The second-order valence-electron chi connectivity index (χ2n) is 4.03. The van der Waals surface area contributed by atoms with Crippen LogP contribution in [0.1, 0.15) is 24.6 Å². The van der Waals surface area contributed by atoms with Crippen molar-refractivity contribution in [3.05, 3.63) is 39.4 Å². The SMILES string of the molecule is Clc1ccc(Cl)c(-n2c(Cl)nnc2C2CC2)c1. The van der Waals surface area contributed by atoms with Gasteiger partial charge in [-0.25, -0.2) is 0 Å². The first-order chi connectivity index (χ1) is 8.16. The van der Waals surface area contributed by atoms with E-state index < -0.39 is 0 Å². The summed E-state index contributed by atoms with van der Waals surface area (Å²) >= 11 is 18.2. The Kier molecular flexibility index (Phi) is 2.77. The van der Waals surface area contributed by atoms with Crippen LogP contribution in [0.3, 0.4) is 0 Å². The number of rotatable bonds is 2. The summed E-state index contributed by atoms with van der Waals surface area (Å²) in [4.78, 5) is 0. The number of hydrogen-bond acceptors (Lipinski definition) is 2. The maximum absolute atomic E-state index is 6.16. The van der Waals surface area contributed by atoms with Crippen LogP contribution in [0, 0.1) is 0 Å². The summed E-state index contributed by atoms with van der Waals surface area (Å²) in [6.45, 7) is 0. The van der Waals surface area contributed by atoms with E-state index in [2.05, 4.69) is 10.2 Å². The molecule has 0 saturated heterocycles. The average molecular weight is 289 g/mol. The first kappa shape index (κ1) is 11.3. The Labute approximate surface area is 113 Å².